The molecule has 0 radical (unpaired) electrons. The number of rotatable bonds is 6. The van der Waals surface area contributed by atoms with Crippen molar-refractivity contribution in [1.82, 2.24) is 4.31 Å². The van der Waals surface area contributed by atoms with Crippen molar-refractivity contribution < 1.29 is 22.3 Å². The third-order valence-corrected chi connectivity index (χ3v) is 5.94. The quantitative estimate of drug-likeness (QED) is 0.728. The highest BCUT2D eigenvalue weighted by Gasteiger charge is 2.51. The summed E-state index contributed by atoms with van der Waals surface area (Å²) in [7, 11) is -4.03. The Hall–Kier alpha value is -2.51. The molecule has 136 valence electrons. The zero-order valence-corrected chi connectivity index (χ0v) is 15.0. The van der Waals surface area contributed by atoms with Gasteiger partial charge in [-0.15, -0.1) is 6.58 Å². The molecule has 0 fully saturated rings. The number of aryl methyl sites for hydroxylation is 1. The maximum absolute atomic E-state index is 15.3. The molecule has 0 saturated heterocycles. The van der Waals surface area contributed by atoms with E-state index in [0.29, 0.717) is 0 Å². The van der Waals surface area contributed by atoms with Crippen LogP contribution in [0.2, 0.25) is 0 Å². The molecule has 0 amide bonds. The summed E-state index contributed by atoms with van der Waals surface area (Å²) in [4.78, 5) is 12.4. The smallest absolute Gasteiger partial charge is 0.325 e. The molecule has 2 aromatic rings. The van der Waals surface area contributed by atoms with E-state index < -0.39 is 28.2 Å². The van der Waals surface area contributed by atoms with Crippen LogP contribution in [0.25, 0.3) is 0 Å². The molecule has 0 aromatic heterocycles. The third-order valence-electron chi connectivity index (χ3n) is 4.11. The lowest BCUT2D eigenvalue weighted by Gasteiger charge is -2.26. The van der Waals surface area contributed by atoms with Gasteiger partial charge in [-0.05, 0) is 31.2 Å². The molecule has 1 atom stereocenters. The van der Waals surface area contributed by atoms with Crippen molar-refractivity contribution in [3.8, 4) is 5.75 Å². The summed E-state index contributed by atoms with van der Waals surface area (Å²) in [5, 5.41) is 0. The standard InChI is InChI=1S/C19H18FNO4S/c1-3-12-21(26(23,24)15-10-8-14(2)9-11-15)13-19(20)18(22)16-6-4-5-7-17(16)25-19/h3-11H,1,12-13H2,2H3. The molecule has 0 saturated carbocycles. The Morgan fingerprint density at radius 2 is 1.85 bits per heavy atom. The Bertz CT molecular complexity index is 956. The zero-order valence-electron chi connectivity index (χ0n) is 14.2. The summed E-state index contributed by atoms with van der Waals surface area (Å²) in [6, 6.07) is 12.3. The maximum atomic E-state index is 15.3. The molecule has 1 aliphatic heterocycles. The van der Waals surface area contributed by atoms with E-state index in [0.717, 1.165) is 9.87 Å². The number of carbonyl (C=O) groups excluding carboxylic acids is 1. The van der Waals surface area contributed by atoms with Crippen molar-refractivity contribution in [2.24, 2.45) is 0 Å². The maximum Gasteiger partial charge on any atom is 0.325 e. The van der Waals surface area contributed by atoms with Crippen LogP contribution in [0, 0.1) is 6.92 Å². The fraction of sp³-hybridized carbons (Fsp3) is 0.211. The predicted octanol–water partition coefficient (Wildman–Crippen LogP) is 3.11. The van der Waals surface area contributed by atoms with Crippen molar-refractivity contribution in [2.75, 3.05) is 13.1 Å². The van der Waals surface area contributed by atoms with E-state index in [1.54, 1.807) is 24.3 Å². The third kappa shape index (κ3) is 3.15. The summed E-state index contributed by atoms with van der Waals surface area (Å²) >= 11 is 0. The van der Waals surface area contributed by atoms with Crippen LogP contribution in [0.4, 0.5) is 4.39 Å². The van der Waals surface area contributed by atoms with Gasteiger partial charge >= 0.3 is 5.85 Å². The van der Waals surface area contributed by atoms with E-state index >= 15 is 4.39 Å². The summed E-state index contributed by atoms with van der Waals surface area (Å²) in [6.45, 7) is 4.43. The summed E-state index contributed by atoms with van der Waals surface area (Å²) in [6.07, 6.45) is 1.33. The average Bonchev–Trinajstić information content (AvgIpc) is 2.86. The first-order valence-corrected chi connectivity index (χ1v) is 9.41. The first-order chi connectivity index (χ1) is 12.3. The first-order valence-electron chi connectivity index (χ1n) is 7.97. The highest BCUT2D eigenvalue weighted by atomic mass is 32.2. The minimum Gasteiger partial charge on any atom is -0.449 e. The first kappa shape index (κ1) is 18.3. The van der Waals surface area contributed by atoms with Gasteiger partial charge in [-0.25, -0.2) is 8.42 Å². The number of Topliss-reactive ketones (excluding diaryl/α,β-unsaturated/α-hetero) is 1. The van der Waals surface area contributed by atoms with Crippen LogP contribution in [-0.4, -0.2) is 37.5 Å². The number of ether oxygens (including phenoxy) is 1. The normalized spacial score (nSPS) is 19.3. The molecule has 0 aliphatic carbocycles. The molecule has 1 aliphatic rings. The number of benzene rings is 2. The number of para-hydroxylation sites is 1. The second kappa shape index (κ2) is 6.66. The number of ketones is 1. The summed E-state index contributed by atoms with van der Waals surface area (Å²) < 4.78 is 47.1. The van der Waals surface area contributed by atoms with E-state index in [4.69, 9.17) is 4.74 Å². The molecular weight excluding hydrogens is 357 g/mol. The molecule has 3 rings (SSSR count). The van der Waals surface area contributed by atoms with Crippen LogP contribution in [0.1, 0.15) is 15.9 Å². The van der Waals surface area contributed by atoms with Crippen molar-refractivity contribution >= 4 is 15.8 Å². The lowest BCUT2D eigenvalue weighted by atomic mass is 10.1. The molecule has 2 aromatic carbocycles. The number of alkyl halides is 1. The Labute approximate surface area is 151 Å². The van der Waals surface area contributed by atoms with E-state index in [1.807, 2.05) is 6.92 Å². The Morgan fingerprint density at radius 1 is 1.19 bits per heavy atom. The summed E-state index contributed by atoms with van der Waals surface area (Å²) in [5.41, 5.74) is 0.993. The molecule has 5 nitrogen and oxygen atoms in total. The number of fused-ring (bicyclic) bond motifs is 1. The summed E-state index contributed by atoms with van der Waals surface area (Å²) in [5.74, 6) is -3.56. The van der Waals surface area contributed by atoms with Gasteiger partial charge in [0, 0.05) is 6.54 Å². The fourth-order valence-corrected chi connectivity index (χ4v) is 4.16. The second-order valence-electron chi connectivity index (χ2n) is 6.06. The number of nitrogens with zero attached hydrogens (tertiary/aromatic N) is 1. The van der Waals surface area contributed by atoms with Gasteiger partial charge in [-0.1, -0.05) is 35.9 Å². The number of carbonyl (C=O) groups is 1. The van der Waals surface area contributed by atoms with Crippen LogP contribution < -0.4 is 4.74 Å². The van der Waals surface area contributed by atoms with Crippen LogP contribution in [0.15, 0.2) is 66.1 Å². The second-order valence-corrected chi connectivity index (χ2v) is 7.99. The van der Waals surface area contributed by atoms with Gasteiger partial charge in [0.15, 0.2) is 0 Å². The minimum atomic E-state index is -4.03. The lowest BCUT2D eigenvalue weighted by molar-refractivity contribution is -0.0317. The Morgan fingerprint density at radius 3 is 2.46 bits per heavy atom. The average molecular weight is 375 g/mol. The van der Waals surface area contributed by atoms with Crippen LogP contribution in [0.3, 0.4) is 0 Å². The fourth-order valence-electron chi connectivity index (χ4n) is 2.75. The van der Waals surface area contributed by atoms with Gasteiger partial charge in [0.25, 0.3) is 0 Å². The van der Waals surface area contributed by atoms with Crippen LogP contribution >= 0.6 is 0 Å². The van der Waals surface area contributed by atoms with Gasteiger partial charge in [0.05, 0.1) is 17.0 Å². The van der Waals surface area contributed by atoms with Gasteiger partial charge in [0.1, 0.15) is 5.75 Å². The van der Waals surface area contributed by atoms with Gasteiger partial charge in [-0.3, -0.25) is 4.79 Å². The topological polar surface area (TPSA) is 63.7 Å². The van der Waals surface area contributed by atoms with Crippen molar-refractivity contribution in [3.05, 3.63) is 72.3 Å². The molecular formula is C19H18FNO4S. The molecule has 1 heterocycles. The van der Waals surface area contributed by atoms with Gasteiger partial charge < -0.3 is 4.74 Å². The highest BCUT2D eigenvalue weighted by molar-refractivity contribution is 7.89. The lowest BCUT2D eigenvalue weighted by Crippen LogP contribution is -2.49. The largest absolute Gasteiger partial charge is 0.449 e. The number of sulfonamides is 1. The molecule has 0 bridgehead atoms. The minimum absolute atomic E-state index is 0.0107. The Kier molecular flexibility index (Phi) is 4.68. The van der Waals surface area contributed by atoms with E-state index in [1.165, 1.54) is 30.3 Å². The SMILES string of the molecule is C=CCN(CC1(F)Oc2ccccc2C1=O)S(=O)(=O)c1ccc(C)cc1. The Balaban J connectivity index is 1.93. The van der Waals surface area contributed by atoms with E-state index in [-0.39, 0.29) is 22.8 Å². The van der Waals surface area contributed by atoms with Crippen molar-refractivity contribution in [2.45, 2.75) is 17.7 Å². The molecule has 0 N–H and O–H groups in total. The van der Waals surface area contributed by atoms with E-state index in [2.05, 4.69) is 6.58 Å². The van der Waals surface area contributed by atoms with Crippen LogP contribution in [-0.2, 0) is 10.0 Å². The van der Waals surface area contributed by atoms with Crippen molar-refractivity contribution in [1.29, 1.82) is 0 Å². The zero-order chi connectivity index (χ0) is 18.9. The van der Waals surface area contributed by atoms with Gasteiger partial charge in [0.2, 0.25) is 15.8 Å². The number of hydrogen-bond acceptors (Lipinski definition) is 4. The van der Waals surface area contributed by atoms with Crippen LogP contribution in [0.5, 0.6) is 5.75 Å². The molecule has 26 heavy (non-hydrogen) atoms. The van der Waals surface area contributed by atoms with E-state index in [9.17, 15) is 13.2 Å². The predicted molar refractivity (Wildman–Crippen MR) is 95.4 cm³/mol. The molecule has 0 spiro atoms. The monoisotopic (exact) mass is 375 g/mol. The molecule has 7 heteroatoms. The van der Waals surface area contributed by atoms with Gasteiger partial charge in [-0.2, -0.15) is 8.70 Å². The number of halogens is 1. The highest BCUT2D eigenvalue weighted by Crippen LogP contribution is 2.37. The molecule has 1 unspecified atom stereocenters. The number of hydrogen-bond donors (Lipinski definition) is 0. The van der Waals surface area contributed by atoms with Crippen molar-refractivity contribution in [3.63, 3.8) is 0 Å².